The molecule has 0 aliphatic carbocycles. The van der Waals surface area contributed by atoms with Crippen molar-refractivity contribution in [3.63, 3.8) is 0 Å². The monoisotopic (exact) mass is 826 g/mol. The molecule has 6 rings (SSSR count). The maximum absolute atomic E-state index is 5.97. The number of ether oxygens (including phenoxy) is 1. The second-order valence-electron chi connectivity index (χ2n) is 17.1. The number of hydrogen-bond donors (Lipinski definition) is 0. The van der Waals surface area contributed by atoms with Gasteiger partial charge in [-0.3, -0.25) is 0 Å². The quantitative estimate of drug-likeness (QED) is 0.131. The number of rotatable bonds is 3. The molecule has 0 saturated carbocycles. The van der Waals surface area contributed by atoms with Crippen LogP contribution in [0.1, 0.15) is 90.1 Å². The van der Waals surface area contributed by atoms with Crippen LogP contribution in [0.3, 0.4) is 0 Å². The van der Waals surface area contributed by atoms with Gasteiger partial charge in [0, 0.05) is 0 Å². The summed E-state index contributed by atoms with van der Waals surface area (Å²) in [4.78, 5) is 0. The Bertz CT molecular complexity index is 2070. The van der Waals surface area contributed by atoms with Crippen molar-refractivity contribution in [1.82, 2.24) is 0 Å². The largest absolute Gasteiger partial charge is 1.00 e. The molecule has 0 saturated heterocycles. The summed E-state index contributed by atoms with van der Waals surface area (Å²) in [5.41, 5.74) is 12.3. The van der Waals surface area contributed by atoms with E-state index in [9.17, 15) is 0 Å². The predicted octanol–water partition coefficient (Wildman–Crippen LogP) is 7.76. The van der Waals surface area contributed by atoms with Crippen molar-refractivity contribution in [2.75, 3.05) is 7.11 Å². The molecule has 5 heteroatoms. The summed E-state index contributed by atoms with van der Waals surface area (Å²) in [6, 6.07) is 35.9. The van der Waals surface area contributed by atoms with Gasteiger partial charge in [0.25, 0.3) is 0 Å². The molecule has 0 aliphatic rings. The molecule has 0 spiro atoms. The maximum Gasteiger partial charge on any atom is -0.0132 e. The predicted molar refractivity (Wildman–Crippen MR) is 220 cm³/mol. The van der Waals surface area contributed by atoms with Crippen molar-refractivity contribution in [2.24, 2.45) is 0 Å². The van der Waals surface area contributed by atoms with Crippen molar-refractivity contribution in [1.29, 1.82) is 0 Å². The van der Waals surface area contributed by atoms with Crippen molar-refractivity contribution in [3.8, 4) is 28.0 Å². The van der Waals surface area contributed by atoms with Crippen molar-refractivity contribution in [3.05, 3.63) is 125 Å². The van der Waals surface area contributed by atoms with Gasteiger partial charge in [0.05, 0.1) is 7.11 Å². The molecule has 0 fully saturated rings. The molecule has 0 amide bonds. The van der Waals surface area contributed by atoms with E-state index in [1.54, 1.807) is 30.4 Å². The van der Waals surface area contributed by atoms with Crippen molar-refractivity contribution in [2.45, 2.75) is 106 Å². The van der Waals surface area contributed by atoms with Crippen LogP contribution in [-0.4, -0.2) is 12.5 Å². The molecule has 0 atom stereocenters. The van der Waals surface area contributed by atoms with Crippen LogP contribution in [0.5, 0.6) is 5.75 Å². The van der Waals surface area contributed by atoms with E-state index >= 15 is 0 Å². The fraction of sp³-hybridized carbons (Fsp3) is 0.362. The molecule has 52 heavy (non-hydrogen) atoms. The Hall–Kier alpha value is -2.42. The van der Waals surface area contributed by atoms with E-state index < -0.39 is 0 Å². The van der Waals surface area contributed by atoms with Gasteiger partial charge in [-0.25, -0.2) is 0 Å². The van der Waals surface area contributed by atoms with Crippen LogP contribution in [0.4, 0.5) is 0 Å². The maximum atomic E-state index is 5.97. The fourth-order valence-corrected chi connectivity index (χ4v) is 6.47. The first-order valence-corrected chi connectivity index (χ1v) is 24.1. The van der Waals surface area contributed by atoms with Gasteiger partial charge in [-0.1, -0.05) is 136 Å². The summed E-state index contributed by atoms with van der Waals surface area (Å²) in [6.07, 6.45) is 0. The SMILES string of the molecule is COc1c(C(C)(C)C)cc2[cH-]c(C)cc2c1-c1ccc(C(C)(C)C)cc1.C[Si](C)=[Zr+2].Cc1cc2c(-c3ccc(C(C)(C)C)cc3)cccc2[cH-]1.[Cl-].[Cl-]. The van der Waals surface area contributed by atoms with E-state index in [0.717, 1.165) is 5.75 Å². The summed E-state index contributed by atoms with van der Waals surface area (Å²) >= 11 is 1.74. The van der Waals surface area contributed by atoms with Gasteiger partial charge in [-0.05, 0) is 49.6 Å². The van der Waals surface area contributed by atoms with Crippen molar-refractivity contribution < 1.29 is 52.9 Å². The molecule has 6 aromatic carbocycles. The molecule has 0 N–H and O–H groups in total. The average Bonchev–Trinajstić information content (AvgIpc) is 3.59. The fourth-order valence-electron chi connectivity index (χ4n) is 6.47. The molecular weight excluding hydrogens is 771 g/mol. The zero-order valence-electron chi connectivity index (χ0n) is 33.9. The van der Waals surface area contributed by atoms with Gasteiger partial charge in [-0.2, -0.15) is 12.1 Å². The summed E-state index contributed by atoms with van der Waals surface area (Å²) in [5.74, 6) is 0.999. The topological polar surface area (TPSA) is 9.23 Å². The number of hydrogen-bond acceptors (Lipinski definition) is 1. The van der Waals surface area contributed by atoms with Crippen LogP contribution in [-0.2, 0) is 39.6 Å². The Balaban J connectivity index is 0.000000323. The summed E-state index contributed by atoms with van der Waals surface area (Å²) in [6.45, 7) is 29.2. The molecule has 0 heterocycles. The number of aryl methyl sites for hydroxylation is 2. The van der Waals surface area contributed by atoms with Gasteiger partial charge in [-0.15, -0.1) is 63.0 Å². The van der Waals surface area contributed by atoms with Crippen molar-refractivity contribution >= 4 is 27.0 Å². The average molecular weight is 829 g/mol. The van der Waals surface area contributed by atoms with Gasteiger partial charge in [0.1, 0.15) is 5.75 Å². The normalized spacial score (nSPS) is 11.5. The molecule has 0 aromatic heterocycles. The third-order valence-corrected chi connectivity index (χ3v) is 9.12. The third-order valence-electron chi connectivity index (χ3n) is 9.12. The standard InChI is InChI=1S/C25H31O.C20H21.C2H6Si.2ClH.Zr/c1-16-13-18-15-21(25(5,6)7)23(26-8)22(20(18)14-16)17-9-11-19(12-10-17)24(2,3)4;1-14-12-16-6-5-7-18(19(16)13-14)15-8-10-17(11-9-15)20(2,3)4;1-3-2;;;/h9-15H,1-8H3;5-13H,1-4H3;1-2H3;2*1H;/q2*-1;;;;+2/p-2. The van der Waals surface area contributed by atoms with E-state index in [-0.39, 0.29) is 46.5 Å². The first-order chi connectivity index (χ1) is 23.2. The van der Waals surface area contributed by atoms with Crippen LogP contribution in [0, 0.1) is 13.8 Å². The minimum absolute atomic E-state index is 0. The number of methoxy groups -OCH3 is 1. The third kappa shape index (κ3) is 11.3. The van der Waals surface area contributed by atoms with Crippen LogP contribution in [0.25, 0.3) is 43.8 Å². The Morgan fingerprint density at radius 1 is 0.577 bits per heavy atom. The van der Waals surface area contributed by atoms with Crippen LogP contribution in [0.15, 0.2) is 97.1 Å². The summed E-state index contributed by atoms with van der Waals surface area (Å²) in [7, 11) is 1.79. The molecular formula is C47H58Cl2OSiZr-2. The van der Waals surface area contributed by atoms with E-state index in [4.69, 9.17) is 4.74 Å². The van der Waals surface area contributed by atoms with E-state index in [1.807, 2.05) is 0 Å². The molecule has 0 bridgehead atoms. The molecule has 0 aliphatic heterocycles. The molecule has 0 unspecified atom stereocenters. The second-order valence-corrected chi connectivity index (χ2v) is 26.5. The van der Waals surface area contributed by atoms with Gasteiger partial charge in [0.15, 0.2) is 0 Å². The number of benzene rings is 4. The molecule has 6 aromatic rings. The zero-order valence-corrected chi connectivity index (χ0v) is 38.9. The van der Waals surface area contributed by atoms with Gasteiger partial charge in [0.2, 0.25) is 0 Å². The Labute approximate surface area is 342 Å². The molecule has 1 nitrogen and oxygen atoms in total. The van der Waals surface area contributed by atoms with Crippen LogP contribution < -0.4 is 29.6 Å². The Morgan fingerprint density at radius 3 is 1.46 bits per heavy atom. The smallest absolute Gasteiger partial charge is 0.0132 e. The first-order valence-electron chi connectivity index (χ1n) is 17.9. The summed E-state index contributed by atoms with van der Waals surface area (Å²) in [5, 5.41) is 5.26. The molecule has 0 radical (unpaired) electrons. The Morgan fingerprint density at radius 2 is 1.02 bits per heavy atom. The van der Waals surface area contributed by atoms with E-state index in [1.165, 1.54) is 71.6 Å². The van der Waals surface area contributed by atoms with E-state index in [2.05, 4.69) is 186 Å². The summed E-state index contributed by atoms with van der Waals surface area (Å²) < 4.78 is 5.97. The van der Waals surface area contributed by atoms with Crippen LogP contribution in [0.2, 0.25) is 13.1 Å². The Kier molecular flexibility index (Phi) is 16.1. The second kappa shape index (κ2) is 18.3. The van der Waals surface area contributed by atoms with Gasteiger partial charge >= 0.3 is 41.9 Å². The zero-order chi connectivity index (χ0) is 37.2. The molecule has 276 valence electrons. The van der Waals surface area contributed by atoms with Crippen LogP contribution >= 0.6 is 0 Å². The number of fused-ring (bicyclic) bond motifs is 2. The van der Waals surface area contributed by atoms with E-state index in [0.29, 0.717) is 0 Å². The first kappa shape index (κ1) is 45.7. The minimum Gasteiger partial charge on any atom is -1.00 e. The number of halogens is 2. The van der Waals surface area contributed by atoms with Gasteiger partial charge < -0.3 is 29.6 Å². The minimum atomic E-state index is 0.